The van der Waals surface area contributed by atoms with Gasteiger partial charge in [0.15, 0.2) is 17.1 Å². The first-order valence-electron chi connectivity index (χ1n) is 10.0. The van der Waals surface area contributed by atoms with Crippen molar-refractivity contribution < 1.29 is 24.2 Å². The molecule has 1 N–H and O–H groups in total. The van der Waals surface area contributed by atoms with Crippen LogP contribution in [-0.4, -0.2) is 30.5 Å². The third-order valence-corrected chi connectivity index (χ3v) is 6.01. The molecule has 31 heavy (non-hydrogen) atoms. The Labute approximate surface area is 191 Å². The van der Waals surface area contributed by atoms with Gasteiger partial charge in [-0.05, 0) is 37.1 Å². The van der Waals surface area contributed by atoms with Crippen LogP contribution in [0.3, 0.4) is 0 Å². The molecule has 1 aliphatic heterocycles. The van der Waals surface area contributed by atoms with E-state index in [2.05, 4.69) is 6.92 Å². The van der Waals surface area contributed by atoms with E-state index in [0.717, 1.165) is 18.4 Å². The lowest BCUT2D eigenvalue weighted by molar-refractivity contribution is -0.141. The van der Waals surface area contributed by atoms with E-state index in [1.54, 1.807) is 19.2 Å². The summed E-state index contributed by atoms with van der Waals surface area (Å²) in [5.41, 5.74) is -0.663. The Morgan fingerprint density at radius 2 is 1.94 bits per heavy atom. The van der Waals surface area contributed by atoms with Crippen molar-refractivity contribution in [1.29, 1.82) is 0 Å². The number of hydrogen-bond donors (Lipinski definition) is 1. The number of hydrogen-bond acceptors (Lipinski definition) is 5. The Morgan fingerprint density at radius 3 is 2.58 bits per heavy atom. The second-order valence-electron chi connectivity index (χ2n) is 7.58. The van der Waals surface area contributed by atoms with Crippen molar-refractivity contribution >= 4 is 40.6 Å². The zero-order valence-corrected chi connectivity index (χ0v) is 19.2. The standard InChI is InChI=1S/C23H25Cl2NO5/c1-4-5-10-31-18-9-6-15(11-19(18)30-3)13-26-21-16(7-8-17(24)20(21)25)23(29,22(26)28)12-14(2)27/h6-9,11,29H,4-5,10,12-13H2,1-3H3. The summed E-state index contributed by atoms with van der Waals surface area (Å²) >= 11 is 12.6. The first-order chi connectivity index (χ1) is 14.7. The Kier molecular flexibility index (Phi) is 7.14. The van der Waals surface area contributed by atoms with Crippen LogP contribution in [-0.2, 0) is 21.7 Å². The monoisotopic (exact) mass is 465 g/mol. The fraction of sp³-hybridized carbons (Fsp3) is 0.391. The number of ether oxygens (including phenoxy) is 2. The van der Waals surface area contributed by atoms with E-state index in [9.17, 15) is 14.7 Å². The number of Topliss-reactive ketones (excluding diaryl/α,β-unsaturated/α-hetero) is 1. The SMILES string of the molecule is CCCCOc1ccc(CN2C(=O)C(O)(CC(C)=O)c3ccc(Cl)c(Cl)c32)cc1OC. The highest BCUT2D eigenvalue weighted by atomic mass is 35.5. The Bertz CT molecular complexity index is 1010. The van der Waals surface area contributed by atoms with Crippen molar-refractivity contribution in [2.45, 2.75) is 45.3 Å². The van der Waals surface area contributed by atoms with Crippen molar-refractivity contribution in [2.24, 2.45) is 0 Å². The maximum Gasteiger partial charge on any atom is 0.264 e. The molecule has 1 atom stereocenters. The molecule has 0 saturated heterocycles. The van der Waals surface area contributed by atoms with Gasteiger partial charge >= 0.3 is 0 Å². The molecule has 3 rings (SSSR count). The van der Waals surface area contributed by atoms with E-state index >= 15 is 0 Å². The van der Waals surface area contributed by atoms with E-state index in [4.69, 9.17) is 32.7 Å². The molecule has 8 heteroatoms. The second kappa shape index (κ2) is 9.47. The van der Waals surface area contributed by atoms with Gasteiger partial charge in [-0.2, -0.15) is 0 Å². The minimum absolute atomic E-state index is 0.109. The number of halogens is 2. The van der Waals surface area contributed by atoms with Gasteiger partial charge in [-0.25, -0.2) is 0 Å². The molecule has 1 aliphatic rings. The van der Waals surface area contributed by atoms with Gasteiger partial charge in [-0.15, -0.1) is 0 Å². The van der Waals surface area contributed by atoms with Crippen molar-refractivity contribution in [3.05, 3.63) is 51.5 Å². The van der Waals surface area contributed by atoms with Gasteiger partial charge in [0.25, 0.3) is 5.91 Å². The molecular weight excluding hydrogens is 441 g/mol. The molecule has 2 aromatic rings. The number of ketones is 1. The Morgan fingerprint density at radius 1 is 1.19 bits per heavy atom. The number of rotatable bonds is 9. The first-order valence-corrected chi connectivity index (χ1v) is 10.8. The van der Waals surface area contributed by atoms with Crippen LogP contribution in [0.25, 0.3) is 0 Å². The van der Waals surface area contributed by atoms with Crippen LogP contribution in [0.1, 0.15) is 44.2 Å². The van der Waals surface area contributed by atoms with Crippen LogP contribution in [0.5, 0.6) is 11.5 Å². The molecule has 0 aliphatic carbocycles. The third kappa shape index (κ3) is 4.52. The van der Waals surface area contributed by atoms with Gasteiger partial charge in [0.1, 0.15) is 5.78 Å². The number of carbonyl (C=O) groups excluding carboxylic acids is 2. The molecule has 1 amide bonds. The average molecular weight is 466 g/mol. The average Bonchev–Trinajstić information content (AvgIpc) is 2.93. The maximum absolute atomic E-state index is 13.2. The molecule has 0 saturated carbocycles. The highest BCUT2D eigenvalue weighted by molar-refractivity contribution is 6.44. The first kappa shape index (κ1) is 23.4. The molecule has 1 unspecified atom stereocenters. The number of unbranched alkanes of at least 4 members (excludes halogenated alkanes) is 1. The summed E-state index contributed by atoms with van der Waals surface area (Å²) in [5.74, 6) is 0.216. The molecule has 2 aromatic carbocycles. The number of nitrogens with zero attached hydrogens (tertiary/aromatic N) is 1. The predicted octanol–water partition coefficient (Wildman–Crippen LogP) is 4.89. The van der Waals surface area contributed by atoms with E-state index in [0.29, 0.717) is 23.8 Å². The summed E-state index contributed by atoms with van der Waals surface area (Å²) in [6.07, 6.45) is 1.60. The van der Waals surface area contributed by atoms with Crippen LogP contribution in [0, 0.1) is 0 Å². The minimum atomic E-state index is -1.98. The summed E-state index contributed by atoms with van der Waals surface area (Å²) in [4.78, 5) is 26.4. The van der Waals surface area contributed by atoms with Crippen LogP contribution >= 0.6 is 23.2 Å². The zero-order chi connectivity index (χ0) is 22.8. The number of benzene rings is 2. The number of methoxy groups -OCH3 is 1. The van der Waals surface area contributed by atoms with E-state index < -0.39 is 11.5 Å². The fourth-order valence-corrected chi connectivity index (χ4v) is 4.12. The molecule has 166 valence electrons. The van der Waals surface area contributed by atoms with Crippen LogP contribution in [0.4, 0.5) is 5.69 Å². The summed E-state index contributed by atoms with van der Waals surface area (Å²) in [6.45, 7) is 4.10. The Balaban J connectivity index is 1.97. The minimum Gasteiger partial charge on any atom is -0.493 e. The van der Waals surface area contributed by atoms with Gasteiger partial charge in [-0.3, -0.25) is 9.59 Å². The van der Waals surface area contributed by atoms with Gasteiger partial charge in [-0.1, -0.05) is 48.7 Å². The summed E-state index contributed by atoms with van der Waals surface area (Å²) in [7, 11) is 1.55. The smallest absolute Gasteiger partial charge is 0.264 e. The molecule has 0 spiro atoms. The fourth-order valence-electron chi connectivity index (χ4n) is 3.70. The number of fused-ring (bicyclic) bond motifs is 1. The number of anilines is 1. The lowest BCUT2D eigenvalue weighted by Crippen LogP contribution is -2.41. The van der Waals surface area contributed by atoms with E-state index in [-0.39, 0.29) is 34.4 Å². The normalized spacial score (nSPS) is 17.6. The van der Waals surface area contributed by atoms with Crippen molar-refractivity contribution in [1.82, 2.24) is 0 Å². The second-order valence-corrected chi connectivity index (χ2v) is 8.36. The highest BCUT2D eigenvalue weighted by Gasteiger charge is 2.51. The van der Waals surface area contributed by atoms with E-state index in [1.165, 1.54) is 24.0 Å². The topological polar surface area (TPSA) is 76.1 Å². The molecule has 0 bridgehead atoms. The van der Waals surface area contributed by atoms with Crippen LogP contribution in [0.2, 0.25) is 10.0 Å². The number of carbonyl (C=O) groups is 2. The largest absolute Gasteiger partial charge is 0.493 e. The molecular formula is C23H25Cl2NO5. The molecule has 6 nitrogen and oxygen atoms in total. The van der Waals surface area contributed by atoms with Gasteiger partial charge in [0, 0.05) is 12.0 Å². The quantitative estimate of drug-likeness (QED) is 0.533. The lowest BCUT2D eigenvalue weighted by Gasteiger charge is -2.23. The van der Waals surface area contributed by atoms with Crippen molar-refractivity contribution in [3.63, 3.8) is 0 Å². The van der Waals surface area contributed by atoms with Gasteiger partial charge in [0.2, 0.25) is 0 Å². The summed E-state index contributed by atoms with van der Waals surface area (Å²) in [5, 5.41) is 11.6. The zero-order valence-electron chi connectivity index (χ0n) is 17.7. The lowest BCUT2D eigenvalue weighted by atomic mass is 9.90. The van der Waals surface area contributed by atoms with Gasteiger partial charge in [0.05, 0.1) is 36.0 Å². The highest BCUT2D eigenvalue weighted by Crippen LogP contribution is 2.49. The van der Waals surface area contributed by atoms with Gasteiger partial charge < -0.3 is 19.5 Å². The van der Waals surface area contributed by atoms with Crippen molar-refractivity contribution in [3.8, 4) is 11.5 Å². The number of amides is 1. The van der Waals surface area contributed by atoms with Crippen molar-refractivity contribution in [2.75, 3.05) is 18.6 Å². The molecule has 1 heterocycles. The maximum atomic E-state index is 13.2. The number of aliphatic hydroxyl groups is 1. The molecule has 0 aromatic heterocycles. The summed E-state index contributed by atoms with van der Waals surface area (Å²) < 4.78 is 11.2. The van der Waals surface area contributed by atoms with Crippen LogP contribution in [0.15, 0.2) is 30.3 Å². The van der Waals surface area contributed by atoms with Crippen LogP contribution < -0.4 is 14.4 Å². The summed E-state index contributed by atoms with van der Waals surface area (Å²) in [6, 6.07) is 8.42. The predicted molar refractivity (Wildman–Crippen MR) is 120 cm³/mol. The Hall–Kier alpha value is -2.28. The third-order valence-electron chi connectivity index (χ3n) is 5.21. The molecule has 0 fully saturated rings. The van der Waals surface area contributed by atoms with E-state index in [1.807, 2.05) is 6.07 Å². The molecule has 0 radical (unpaired) electrons.